The van der Waals surface area contributed by atoms with Crippen molar-refractivity contribution in [2.75, 3.05) is 13.2 Å². The molecule has 0 aliphatic carbocycles. The van der Waals surface area contributed by atoms with E-state index in [0.717, 1.165) is 77.0 Å². The lowest BCUT2D eigenvalue weighted by molar-refractivity contribution is -0.167. The first kappa shape index (κ1) is 77.4. The third-order valence-electron chi connectivity index (χ3n) is 16.1. The highest BCUT2D eigenvalue weighted by molar-refractivity contribution is 5.71. The summed E-state index contributed by atoms with van der Waals surface area (Å²) in [5.41, 5.74) is 0. The van der Waals surface area contributed by atoms with Crippen molar-refractivity contribution < 1.29 is 28.6 Å². The van der Waals surface area contributed by atoms with Gasteiger partial charge in [0.2, 0.25) is 0 Å². The summed E-state index contributed by atoms with van der Waals surface area (Å²) in [4.78, 5) is 38.1. The molecule has 0 radical (unpaired) electrons. The molecule has 0 saturated carbocycles. The zero-order valence-corrected chi connectivity index (χ0v) is 53.9. The van der Waals surface area contributed by atoms with Crippen molar-refractivity contribution in [2.45, 2.75) is 393 Å². The minimum atomic E-state index is -0.776. The quantitative estimate of drug-likeness (QED) is 0.0261. The van der Waals surface area contributed by atoms with Crippen LogP contribution < -0.4 is 0 Å². The fourth-order valence-electron chi connectivity index (χ4n) is 10.7. The van der Waals surface area contributed by atoms with Crippen LogP contribution in [-0.4, -0.2) is 37.2 Å². The van der Waals surface area contributed by atoms with Gasteiger partial charge in [0.25, 0.3) is 0 Å². The molecule has 0 N–H and O–H groups in total. The summed E-state index contributed by atoms with van der Waals surface area (Å²) in [5.74, 6) is -0.877. The molecule has 0 saturated heterocycles. The van der Waals surface area contributed by atoms with Crippen LogP contribution in [0.4, 0.5) is 0 Å². The van der Waals surface area contributed by atoms with E-state index in [9.17, 15) is 14.4 Å². The maximum atomic E-state index is 12.9. The number of carbonyl (C=O) groups excluding carboxylic acids is 3. The number of esters is 3. The topological polar surface area (TPSA) is 78.9 Å². The van der Waals surface area contributed by atoms with Gasteiger partial charge in [-0.15, -0.1) is 0 Å². The lowest BCUT2D eigenvalue weighted by atomic mass is 10.0. The van der Waals surface area contributed by atoms with Gasteiger partial charge in [-0.1, -0.05) is 333 Å². The van der Waals surface area contributed by atoms with E-state index in [-0.39, 0.29) is 31.1 Å². The van der Waals surface area contributed by atoms with Crippen LogP contribution in [0.15, 0.2) is 48.6 Å². The van der Waals surface area contributed by atoms with Gasteiger partial charge >= 0.3 is 17.9 Å². The van der Waals surface area contributed by atoms with Crippen molar-refractivity contribution in [3.8, 4) is 0 Å². The Kier molecular flexibility index (Phi) is 66.6. The predicted octanol–water partition coefficient (Wildman–Crippen LogP) is 24.5. The van der Waals surface area contributed by atoms with E-state index in [0.29, 0.717) is 19.3 Å². The lowest BCUT2D eigenvalue weighted by Crippen LogP contribution is -2.30. The average Bonchev–Trinajstić information content (AvgIpc) is 3.46. The van der Waals surface area contributed by atoms with Crippen LogP contribution in [0.5, 0.6) is 0 Å². The Morgan fingerprint density at radius 1 is 0.250 bits per heavy atom. The van der Waals surface area contributed by atoms with E-state index >= 15 is 0 Å². The first-order valence-corrected chi connectivity index (χ1v) is 35.6. The summed E-state index contributed by atoms with van der Waals surface area (Å²) in [5, 5.41) is 0. The van der Waals surface area contributed by atoms with Gasteiger partial charge in [0, 0.05) is 19.3 Å². The Morgan fingerprint density at radius 2 is 0.450 bits per heavy atom. The van der Waals surface area contributed by atoms with Gasteiger partial charge in [0.15, 0.2) is 6.10 Å². The van der Waals surface area contributed by atoms with Gasteiger partial charge in [0.1, 0.15) is 13.2 Å². The number of allylic oxidation sites excluding steroid dienone is 8. The standard InChI is InChI=1S/C74H136O6/c1-4-7-10-13-16-18-20-22-24-26-28-30-31-32-33-34-35-36-37-38-39-40-41-42-43-45-46-48-50-52-54-56-58-61-64-67-73(76)79-70-71(69-78-72(75)66-63-60-15-12-9-6-3)80-74(77)68-65-62-59-57-55-53-51-49-47-44-29-27-25-23-21-19-17-14-11-8-5-2/h21,23,26-29,47,49,71H,4-20,22,24-25,30-46,48,50-70H2,1-3H3/b23-21-,28-26-,29-27-,49-47-. The van der Waals surface area contributed by atoms with Crippen LogP contribution in [0.3, 0.4) is 0 Å². The number of ether oxygens (including phenoxy) is 3. The molecule has 0 heterocycles. The third kappa shape index (κ3) is 66.2. The highest BCUT2D eigenvalue weighted by Crippen LogP contribution is 2.18. The van der Waals surface area contributed by atoms with Crippen LogP contribution >= 0.6 is 0 Å². The van der Waals surface area contributed by atoms with Gasteiger partial charge < -0.3 is 14.2 Å². The minimum Gasteiger partial charge on any atom is -0.462 e. The Balaban J connectivity index is 3.93. The fourth-order valence-corrected chi connectivity index (χ4v) is 10.7. The molecule has 0 amide bonds. The second-order valence-electron chi connectivity index (χ2n) is 24.1. The molecule has 0 spiro atoms. The van der Waals surface area contributed by atoms with E-state index < -0.39 is 6.10 Å². The van der Waals surface area contributed by atoms with Crippen molar-refractivity contribution in [1.29, 1.82) is 0 Å². The maximum absolute atomic E-state index is 12.9. The summed E-state index contributed by atoms with van der Waals surface area (Å²) in [7, 11) is 0. The largest absolute Gasteiger partial charge is 0.462 e. The molecular formula is C74H136O6. The van der Waals surface area contributed by atoms with Gasteiger partial charge in [-0.3, -0.25) is 14.4 Å². The monoisotopic (exact) mass is 1120 g/mol. The van der Waals surface area contributed by atoms with Crippen LogP contribution in [0, 0.1) is 0 Å². The highest BCUT2D eigenvalue weighted by atomic mass is 16.6. The van der Waals surface area contributed by atoms with Gasteiger partial charge in [0.05, 0.1) is 0 Å². The first-order valence-electron chi connectivity index (χ1n) is 35.6. The molecule has 0 aliphatic rings. The number of rotatable bonds is 66. The summed E-state index contributed by atoms with van der Waals surface area (Å²) >= 11 is 0. The van der Waals surface area contributed by atoms with Crippen LogP contribution in [0.25, 0.3) is 0 Å². The Bertz CT molecular complexity index is 1380. The third-order valence-corrected chi connectivity index (χ3v) is 16.1. The van der Waals surface area contributed by atoms with E-state index in [1.165, 1.54) is 270 Å². The number of unbranched alkanes of at least 4 members (excludes halogenated alkanes) is 47. The smallest absolute Gasteiger partial charge is 0.306 e. The molecule has 1 unspecified atom stereocenters. The van der Waals surface area contributed by atoms with Crippen LogP contribution in [0.2, 0.25) is 0 Å². The van der Waals surface area contributed by atoms with Crippen LogP contribution in [0.1, 0.15) is 387 Å². The van der Waals surface area contributed by atoms with Gasteiger partial charge in [-0.25, -0.2) is 0 Å². The zero-order chi connectivity index (χ0) is 57.8. The van der Waals surface area contributed by atoms with Crippen LogP contribution in [-0.2, 0) is 28.6 Å². The number of hydrogen-bond acceptors (Lipinski definition) is 6. The molecular weight excluding hydrogens is 985 g/mol. The molecule has 0 aromatic rings. The summed E-state index contributed by atoms with van der Waals surface area (Å²) in [6.45, 7) is 6.61. The molecule has 0 aromatic carbocycles. The normalized spacial score (nSPS) is 12.3. The molecule has 1 atom stereocenters. The van der Waals surface area contributed by atoms with E-state index in [2.05, 4.69) is 69.4 Å². The minimum absolute atomic E-state index is 0.0746. The summed E-state index contributed by atoms with van der Waals surface area (Å²) < 4.78 is 16.8. The SMILES string of the molecule is CCCCCCC/C=C\C/C=C\C/C=C\CCCCCCCCC(=O)OC(COC(=O)CCCCCCCC)COC(=O)CCCCCCCCCCCCCCCCCCCCCCCCC/C=C\CCCCCCCCCC. The predicted molar refractivity (Wildman–Crippen MR) is 349 cm³/mol. The Hall–Kier alpha value is -2.63. The molecule has 0 aromatic heterocycles. The number of hydrogen-bond donors (Lipinski definition) is 0. The highest BCUT2D eigenvalue weighted by Gasteiger charge is 2.19. The van der Waals surface area contributed by atoms with Crippen molar-refractivity contribution in [3.05, 3.63) is 48.6 Å². The van der Waals surface area contributed by atoms with E-state index in [4.69, 9.17) is 14.2 Å². The molecule has 80 heavy (non-hydrogen) atoms. The number of carbonyl (C=O) groups is 3. The van der Waals surface area contributed by atoms with Gasteiger partial charge in [-0.05, 0) is 83.5 Å². The molecule has 0 rings (SSSR count). The maximum Gasteiger partial charge on any atom is 0.306 e. The van der Waals surface area contributed by atoms with Crippen molar-refractivity contribution in [3.63, 3.8) is 0 Å². The van der Waals surface area contributed by atoms with Crippen molar-refractivity contribution in [2.24, 2.45) is 0 Å². The van der Waals surface area contributed by atoms with E-state index in [1.807, 2.05) is 0 Å². The molecule has 0 bridgehead atoms. The second-order valence-corrected chi connectivity index (χ2v) is 24.1. The molecule has 0 fully saturated rings. The first-order chi connectivity index (χ1) is 39.5. The zero-order valence-electron chi connectivity index (χ0n) is 53.9. The fraction of sp³-hybridized carbons (Fsp3) is 0.851. The molecule has 0 aliphatic heterocycles. The second kappa shape index (κ2) is 68.9. The van der Waals surface area contributed by atoms with Gasteiger partial charge in [-0.2, -0.15) is 0 Å². The van der Waals surface area contributed by atoms with Crippen molar-refractivity contribution in [1.82, 2.24) is 0 Å². The molecule has 468 valence electrons. The summed E-state index contributed by atoms with van der Waals surface area (Å²) in [6.07, 6.45) is 87.7. The lowest BCUT2D eigenvalue weighted by Gasteiger charge is -2.18. The summed E-state index contributed by atoms with van der Waals surface area (Å²) in [6, 6.07) is 0. The van der Waals surface area contributed by atoms with E-state index in [1.54, 1.807) is 0 Å². The molecule has 6 nitrogen and oxygen atoms in total. The molecule has 6 heteroatoms. The Labute approximate surface area is 498 Å². The Morgan fingerprint density at radius 3 is 0.713 bits per heavy atom. The van der Waals surface area contributed by atoms with Crippen molar-refractivity contribution >= 4 is 17.9 Å². The average molecular weight is 1120 g/mol.